The maximum absolute atomic E-state index is 11.6. The van der Waals surface area contributed by atoms with Gasteiger partial charge in [0.15, 0.2) is 5.96 Å². The van der Waals surface area contributed by atoms with Gasteiger partial charge in [0.2, 0.25) is 0 Å². The van der Waals surface area contributed by atoms with Crippen molar-refractivity contribution >= 4 is 17.9 Å². The van der Waals surface area contributed by atoms with Crippen molar-refractivity contribution in [2.75, 3.05) is 0 Å². The summed E-state index contributed by atoms with van der Waals surface area (Å²) in [6.45, 7) is 2.16. The molecule has 0 atom stereocenters. The number of amides is 1. The van der Waals surface area contributed by atoms with Gasteiger partial charge in [-0.05, 0) is 49.5 Å². The molecule has 0 spiro atoms. The third-order valence-corrected chi connectivity index (χ3v) is 3.21. The summed E-state index contributed by atoms with van der Waals surface area (Å²) in [5.41, 5.74) is 14.7. The van der Waals surface area contributed by atoms with Crippen LogP contribution in [0.15, 0.2) is 46.5 Å². The minimum atomic E-state index is -0.419. The molecular weight excluding hydrogens is 250 g/mol. The molecule has 1 aliphatic carbocycles. The third-order valence-electron chi connectivity index (χ3n) is 3.21. The monoisotopic (exact) mass is 269 g/mol. The van der Waals surface area contributed by atoms with E-state index in [1.54, 1.807) is 12.1 Å². The van der Waals surface area contributed by atoms with Crippen LogP contribution in [0.4, 0.5) is 0 Å². The summed E-state index contributed by atoms with van der Waals surface area (Å²) in [6, 6.07) is 7.28. The number of nitrogens with two attached hydrogens (primary N) is 2. The first-order valence-electron chi connectivity index (χ1n) is 6.66. The molecule has 104 valence electrons. The Kier molecular flexibility index (Phi) is 4.35. The van der Waals surface area contributed by atoms with Gasteiger partial charge in [0.05, 0.1) is 0 Å². The van der Waals surface area contributed by atoms with Crippen molar-refractivity contribution in [2.24, 2.45) is 16.5 Å². The van der Waals surface area contributed by atoms with Gasteiger partial charge in [-0.1, -0.05) is 29.9 Å². The molecule has 0 bridgehead atoms. The van der Waals surface area contributed by atoms with Gasteiger partial charge in [-0.3, -0.25) is 4.79 Å². The fraction of sp³-hybridized carbons (Fsp3) is 0.250. The Balaban J connectivity index is 2.17. The van der Waals surface area contributed by atoms with Crippen molar-refractivity contribution in [1.29, 1.82) is 0 Å². The molecule has 1 aliphatic rings. The van der Waals surface area contributed by atoms with Crippen LogP contribution in [0.25, 0.3) is 6.08 Å². The second kappa shape index (κ2) is 6.19. The molecule has 20 heavy (non-hydrogen) atoms. The van der Waals surface area contributed by atoms with Crippen LogP contribution in [0.5, 0.6) is 0 Å². The molecule has 0 unspecified atom stereocenters. The van der Waals surface area contributed by atoms with E-state index >= 15 is 0 Å². The second-order valence-corrected chi connectivity index (χ2v) is 5.03. The Hall–Kier alpha value is -2.36. The third kappa shape index (κ3) is 3.82. The van der Waals surface area contributed by atoms with Gasteiger partial charge in [-0.15, -0.1) is 0 Å². The number of aliphatic imine (C=N–C) groups is 1. The lowest BCUT2D eigenvalue weighted by atomic mass is 9.94. The maximum Gasteiger partial charge on any atom is 0.280 e. The number of carbonyl (C=O) groups excluding carboxylic acids is 1. The van der Waals surface area contributed by atoms with E-state index in [-0.39, 0.29) is 5.96 Å². The minimum Gasteiger partial charge on any atom is -0.370 e. The van der Waals surface area contributed by atoms with Crippen LogP contribution < -0.4 is 11.5 Å². The molecular formula is C16H19N3O. The molecule has 0 radical (unpaired) electrons. The van der Waals surface area contributed by atoms with Crippen molar-refractivity contribution in [3.63, 3.8) is 0 Å². The average molecular weight is 269 g/mol. The van der Waals surface area contributed by atoms with E-state index in [1.807, 2.05) is 12.1 Å². The highest BCUT2D eigenvalue weighted by atomic mass is 16.1. The molecule has 1 aromatic carbocycles. The molecule has 1 aromatic rings. The number of hydrogen-bond acceptors (Lipinski definition) is 1. The van der Waals surface area contributed by atoms with E-state index in [0.29, 0.717) is 5.56 Å². The van der Waals surface area contributed by atoms with Gasteiger partial charge in [-0.25, -0.2) is 0 Å². The first-order valence-corrected chi connectivity index (χ1v) is 6.66. The number of allylic oxidation sites excluding steroid dienone is 3. The van der Waals surface area contributed by atoms with Gasteiger partial charge < -0.3 is 11.5 Å². The SMILES string of the molecule is CC1=C/C(=C/c2ccc(C(=O)N=C(N)N)cc2)CCC1. The molecule has 0 heterocycles. The zero-order chi connectivity index (χ0) is 14.5. The van der Waals surface area contributed by atoms with E-state index in [2.05, 4.69) is 24.1 Å². The zero-order valence-corrected chi connectivity index (χ0v) is 11.6. The Morgan fingerprint density at radius 1 is 1.20 bits per heavy atom. The number of guanidine groups is 1. The molecule has 0 saturated carbocycles. The van der Waals surface area contributed by atoms with Crippen molar-refractivity contribution < 1.29 is 4.79 Å². The molecule has 4 heteroatoms. The van der Waals surface area contributed by atoms with Crippen molar-refractivity contribution in [3.05, 3.63) is 52.6 Å². The van der Waals surface area contributed by atoms with Crippen LogP contribution in [0.3, 0.4) is 0 Å². The minimum absolute atomic E-state index is 0.219. The topological polar surface area (TPSA) is 81.5 Å². The van der Waals surface area contributed by atoms with Gasteiger partial charge in [0, 0.05) is 5.56 Å². The highest BCUT2D eigenvalue weighted by Crippen LogP contribution is 2.23. The molecule has 1 amide bonds. The standard InChI is InChI=1S/C16H19N3O/c1-11-3-2-4-13(9-11)10-12-5-7-14(8-6-12)15(20)19-16(17)18/h5-10H,2-4H2,1H3,(H4,17,18,19,20)/b13-10+. The number of nitrogens with zero attached hydrogens (tertiary/aromatic N) is 1. The smallest absolute Gasteiger partial charge is 0.280 e. The van der Waals surface area contributed by atoms with Crippen molar-refractivity contribution in [2.45, 2.75) is 26.2 Å². The van der Waals surface area contributed by atoms with Crippen molar-refractivity contribution in [1.82, 2.24) is 0 Å². The quantitative estimate of drug-likeness (QED) is 0.639. The van der Waals surface area contributed by atoms with Gasteiger partial charge in [-0.2, -0.15) is 4.99 Å². The lowest BCUT2D eigenvalue weighted by Gasteiger charge is -2.11. The highest BCUT2D eigenvalue weighted by molar-refractivity contribution is 6.01. The summed E-state index contributed by atoms with van der Waals surface area (Å²) in [7, 11) is 0. The fourth-order valence-corrected chi connectivity index (χ4v) is 2.26. The summed E-state index contributed by atoms with van der Waals surface area (Å²) in [5.74, 6) is -0.637. The Labute approximate surface area is 118 Å². The van der Waals surface area contributed by atoms with Crippen LogP contribution in [-0.4, -0.2) is 11.9 Å². The maximum atomic E-state index is 11.6. The van der Waals surface area contributed by atoms with Gasteiger partial charge >= 0.3 is 0 Å². The summed E-state index contributed by atoms with van der Waals surface area (Å²) in [4.78, 5) is 15.1. The first-order chi connectivity index (χ1) is 9.54. The lowest BCUT2D eigenvalue weighted by molar-refractivity contribution is 0.100. The fourth-order valence-electron chi connectivity index (χ4n) is 2.26. The zero-order valence-electron chi connectivity index (χ0n) is 11.6. The van der Waals surface area contributed by atoms with E-state index in [0.717, 1.165) is 12.0 Å². The normalized spacial score (nSPS) is 16.6. The summed E-state index contributed by atoms with van der Waals surface area (Å²) in [6.07, 6.45) is 7.88. The number of benzene rings is 1. The highest BCUT2D eigenvalue weighted by Gasteiger charge is 2.06. The Morgan fingerprint density at radius 3 is 2.50 bits per heavy atom. The van der Waals surface area contributed by atoms with E-state index < -0.39 is 5.91 Å². The van der Waals surface area contributed by atoms with E-state index in [1.165, 1.54) is 24.0 Å². The summed E-state index contributed by atoms with van der Waals surface area (Å²) >= 11 is 0. The summed E-state index contributed by atoms with van der Waals surface area (Å²) < 4.78 is 0. The number of hydrogen-bond donors (Lipinski definition) is 2. The number of rotatable bonds is 2. The first kappa shape index (κ1) is 14.1. The van der Waals surface area contributed by atoms with Crippen LogP contribution in [-0.2, 0) is 0 Å². The van der Waals surface area contributed by atoms with E-state index in [9.17, 15) is 4.79 Å². The predicted octanol–water partition coefficient (Wildman–Crippen LogP) is 2.61. The van der Waals surface area contributed by atoms with Crippen molar-refractivity contribution in [3.8, 4) is 0 Å². The Bertz CT molecular complexity index is 591. The van der Waals surface area contributed by atoms with Crippen LogP contribution >= 0.6 is 0 Å². The molecule has 4 N–H and O–H groups in total. The Morgan fingerprint density at radius 2 is 1.90 bits per heavy atom. The predicted molar refractivity (Wildman–Crippen MR) is 82.2 cm³/mol. The van der Waals surface area contributed by atoms with Crippen LogP contribution in [0.1, 0.15) is 42.1 Å². The number of carbonyl (C=O) groups is 1. The van der Waals surface area contributed by atoms with E-state index in [4.69, 9.17) is 11.5 Å². The average Bonchev–Trinajstić information content (AvgIpc) is 2.38. The second-order valence-electron chi connectivity index (χ2n) is 5.03. The molecule has 0 saturated heterocycles. The molecule has 4 nitrogen and oxygen atoms in total. The van der Waals surface area contributed by atoms with Gasteiger partial charge in [0.1, 0.15) is 0 Å². The van der Waals surface area contributed by atoms with Gasteiger partial charge in [0.25, 0.3) is 5.91 Å². The molecule has 0 aliphatic heterocycles. The molecule has 2 rings (SSSR count). The molecule has 0 fully saturated rings. The summed E-state index contributed by atoms with van der Waals surface area (Å²) in [5, 5.41) is 0. The largest absolute Gasteiger partial charge is 0.370 e. The lowest BCUT2D eigenvalue weighted by Crippen LogP contribution is -2.24. The van der Waals surface area contributed by atoms with Crippen LogP contribution in [0.2, 0.25) is 0 Å². The molecule has 0 aromatic heterocycles. The van der Waals surface area contributed by atoms with Crippen LogP contribution in [0, 0.1) is 0 Å².